The van der Waals surface area contributed by atoms with Gasteiger partial charge in [-0.2, -0.15) is 0 Å². The summed E-state index contributed by atoms with van der Waals surface area (Å²) < 4.78 is 10.1. The van der Waals surface area contributed by atoms with E-state index in [1.807, 2.05) is 20.8 Å². The van der Waals surface area contributed by atoms with Crippen LogP contribution in [0.5, 0.6) is 0 Å². The molecule has 0 aromatic heterocycles. The third-order valence-electron chi connectivity index (χ3n) is 2.37. The van der Waals surface area contributed by atoms with Crippen LogP contribution in [0.3, 0.4) is 0 Å². The Morgan fingerprint density at radius 2 is 1.94 bits per heavy atom. The van der Waals surface area contributed by atoms with Gasteiger partial charge in [0.15, 0.2) is 0 Å². The highest BCUT2D eigenvalue weighted by Crippen LogP contribution is 2.34. The summed E-state index contributed by atoms with van der Waals surface area (Å²) in [6.07, 6.45) is 2.69. The molecule has 17 heavy (non-hydrogen) atoms. The largest absolute Gasteiger partial charge is 0.463 e. The zero-order valence-corrected chi connectivity index (χ0v) is 10.9. The summed E-state index contributed by atoms with van der Waals surface area (Å²) in [4.78, 5) is 22.8. The number of ether oxygens (including phenoxy) is 2. The molecule has 0 heterocycles. The zero-order chi connectivity index (χ0) is 13.1. The monoisotopic (exact) mass is 240 g/mol. The molecule has 0 bridgehead atoms. The highest BCUT2D eigenvalue weighted by molar-refractivity contribution is 5.84. The van der Waals surface area contributed by atoms with Crippen LogP contribution in [0.1, 0.15) is 40.5 Å². The fourth-order valence-corrected chi connectivity index (χ4v) is 1.59. The number of hydrogen-bond acceptors (Lipinski definition) is 4. The van der Waals surface area contributed by atoms with E-state index in [2.05, 4.69) is 0 Å². The molecule has 0 spiro atoms. The van der Waals surface area contributed by atoms with Crippen molar-refractivity contribution in [2.75, 3.05) is 6.61 Å². The van der Waals surface area contributed by atoms with Crippen molar-refractivity contribution >= 4 is 11.9 Å². The first-order valence-corrected chi connectivity index (χ1v) is 5.91. The molecule has 0 amide bonds. The van der Waals surface area contributed by atoms with Crippen molar-refractivity contribution in [3.8, 4) is 0 Å². The average molecular weight is 240 g/mol. The molecule has 0 aromatic rings. The van der Waals surface area contributed by atoms with Gasteiger partial charge in [0.25, 0.3) is 0 Å². The van der Waals surface area contributed by atoms with Crippen molar-refractivity contribution in [3.05, 3.63) is 11.6 Å². The molecule has 1 aliphatic carbocycles. The summed E-state index contributed by atoms with van der Waals surface area (Å²) in [5.74, 6) is -0.612. The van der Waals surface area contributed by atoms with Gasteiger partial charge in [-0.1, -0.05) is 5.57 Å². The van der Waals surface area contributed by atoms with Gasteiger partial charge in [-0.25, -0.2) is 4.79 Å². The summed E-state index contributed by atoms with van der Waals surface area (Å²) in [5, 5.41) is 0. The van der Waals surface area contributed by atoms with Crippen molar-refractivity contribution in [2.45, 2.75) is 46.1 Å². The lowest BCUT2D eigenvalue weighted by Gasteiger charge is -2.30. The van der Waals surface area contributed by atoms with E-state index >= 15 is 0 Å². The maximum atomic E-state index is 11.6. The normalized spacial score (nSPS) is 19.3. The van der Waals surface area contributed by atoms with E-state index in [1.165, 1.54) is 6.08 Å². The maximum Gasteiger partial charge on any atom is 0.330 e. The minimum absolute atomic E-state index is 0.102. The van der Waals surface area contributed by atoms with Gasteiger partial charge in [0.1, 0.15) is 5.60 Å². The molecule has 0 atom stereocenters. The maximum absolute atomic E-state index is 11.6. The predicted octanol–water partition coefficient (Wildman–Crippen LogP) is 2.23. The van der Waals surface area contributed by atoms with Crippen LogP contribution in [-0.2, 0) is 19.1 Å². The molecular weight excluding hydrogens is 220 g/mol. The number of carbonyl (C=O) groups excluding carboxylic acids is 2. The van der Waals surface area contributed by atoms with Crippen molar-refractivity contribution in [3.63, 3.8) is 0 Å². The van der Waals surface area contributed by atoms with Crippen LogP contribution in [-0.4, -0.2) is 24.1 Å². The summed E-state index contributed by atoms with van der Waals surface area (Å²) >= 11 is 0. The van der Waals surface area contributed by atoms with Crippen LogP contribution >= 0.6 is 0 Å². The lowest BCUT2D eigenvalue weighted by atomic mass is 9.80. The molecule has 1 saturated carbocycles. The second kappa shape index (κ2) is 5.34. The molecule has 0 unspecified atom stereocenters. The number of esters is 2. The van der Waals surface area contributed by atoms with Crippen molar-refractivity contribution in [2.24, 2.45) is 5.92 Å². The Balaban J connectivity index is 2.36. The smallest absolute Gasteiger partial charge is 0.330 e. The molecule has 96 valence electrons. The Labute approximate surface area is 102 Å². The quantitative estimate of drug-likeness (QED) is 0.560. The third-order valence-corrected chi connectivity index (χ3v) is 2.37. The van der Waals surface area contributed by atoms with E-state index in [-0.39, 0.29) is 17.9 Å². The van der Waals surface area contributed by atoms with E-state index in [4.69, 9.17) is 9.47 Å². The minimum Gasteiger partial charge on any atom is -0.463 e. The van der Waals surface area contributed by atoms with Crippen molar-refractivity contribution < 1.29 is 19.1 Å². The Bertz CT molecular complexity index is 328. The van der Waals surface area contributed by atoms with Crippen molar-refractivity contribution in [1.82, 2.24) is 0 Å². The van der Waals surface area contributed by atoms with Crippen LogP contribution in [0.2, 0.25) is 0 Å². The van der Waals surface area contributed by atoms with Crippen LogP contribution in [0.15, 0.2) is 11.6 Å². The minimum atomic E-state index is -0.447. The van der Waals surface area contributed by atoms with E-state index in [0.29, 0.717) is 19.4 Å². The van der Waals surface area contributed by atoms with E-state index in [0.717, 1.165) is 5.57 Å². The molecule has 1 aliphatic rings. The van der Waals surface area contributed by atoms with Crippen LogP contribution in [0.4, 0.5) is 0 Å². The van der Waals surface area contributed by atoms with Gasteiger partial charge in [0, 0.05) is 6.08 Å². The van der Waals surface area contributed by atoms with Crippen molar-refractivity contribution in [1.29, 1.82) is 0 Å². The van der Waals surface area contributed by atoms with Gasteiger partial charge in [0.2, 0.25) is 0 Å². The Morgan fingerprint density at radius 1 is 1.35 bits per heavy atom. The lowest BCUT2D eigenvalue weighted by molar-refractivity contribution is -0.161. The average Bonchev–Trinajstić information content (AvgIpc) is 2.07. The summed E-state index contributed by atoms with van der Waals surface area (Å²) in [7, 11) is 0. The fourth-order valence-electron chi connectivity index (χ4n) is 1.59. The number of hydrogen-bond donors (Lipinski definition) is 0. The molecule has 0 saturated heterocycles. The number of rotatable bonds is 3. The van der Waals surface area contributed by atoms with Gasteiger partial charge in [-0.3, -0.25) is 4.79 Å². The molecule has 0 aliphatic heterocycles. The Morgan fingerprint density at radius 3 is 2.41 bits per heavy atom. The summed E-state index contributed by atoms with van der Waals surface area (Å²) in [5.41, 5.74) is 0.511. The van der Waals surface area contributed by atoms with E-state index < -0.39 is 5.60 Å². The summed E-state index contributed by atoms with van der Waals surface area (Å²) in [6.45, 7) is 7.68. The molecular formula is C13H20O4. The van der Waals surface area contributed by atoms with Crippen LogP contribution < -0.4 is 0 Å². The first kappa shape index (κ1) is 13.7. The summed E-state index contributed by atoms with van der Waals surface area (Å²) in [6, 6.07) is 0. The molecule has 0 aromatic carbocycles. The van der Waals surface area contributed by atoms with Gasteiger partial charge < -0.3 is 9.47 Å². The molecule has 1 rings (SSSR count). The second-order valence-corrected chi connectivity index (χ2v) is 5.19. The van der Waals surface area contributed by atoms with Gasteiger partial charge >= 0.3 is 11.9 Å². The number of carbonyl (C=O) groups is 2. The standard InChI is InChI=1S/C13H20O4/c1-5-16-11(14)8-9-6-10(7-9)12(15)17-13(2,3)4/h8,10H,5-7H2,1-4H3. The molecule has 4 heteroatoms. The number of allylic oxidation sites excluding steroid dienone is 1. The Hall–Kier alpha value is -1.32. The molecule has 4 nitrogen and oxygen atoms in total. The van der Waals surface area contributed by atoms with Gasteiger partial charge in [-0.15, -0.1) is 0 Å². The first-order valence-electron chi connectivity index (χ1n) is 5.91. The van der Waals surface area contributed by atoms with Gasteiger partial charge in [-0.05, 0) is 40.5 Å². The highest BCUT2D eigenvalue weighted by atomic mass is 16.6. The highest BCUT2D eigenvalue weighted by Gasteiger charge is 2.33. The van der Waals surface area contributed by atoms with Crippen LogP contribution in [0.25, 0.3) is 0 Å². The first-order chi connectivity index (χ1) is 7.81. The molecule has 1 fully saturated rings. The topological polar surface area (TPSA) is 52.6 Å². The molecule has 0 radical (unpaired) electrons. The Kier molecular flexibility index (Phi) is 4.32. The van der Waals surface area contributed by atoms with E-state index in [1.54, 1.807) is 6.92 Å². The van der Waals surface area contributed by atoms with E-state index in [9.17, 15) is 9.59 Å². The lowest BCUT2D eigenvalue weighted by Crippen LogP contribution is -2.33. The van der Waals surface area contributed by atoms with Gasteiger partial charge in [0.05, 0.1) is 12.5 Å². The third kappa shape index (κ3) is 4.59. The van der Waals surface area contributed by atoms with Crippen LogP contribution in [0, 0.1) is 5.92 Å². The predicted molar refractivity (Wildman–Crippen MR) is 63.3 cm³/mol. The SMILES string of the molecule is CCOC(=O)C=C1CC(C(=O)OC(C)(C)C)C1. The zero-order valence-electron chi connectivity index (χ0n) is 10.9. The second-order valence-electron chi connectivity index (χ2n) is 5.19. The fraction of sp³-hybridized carbons (Fsp3) is 0.692. The molecule has 0 N–H and O–H groups in total.